The molecule has 0 saturated carbocycles. The Morgan fingerprint density at radius 1 is 0.750 bits per heavy atom. The van der Waals surface area contributed by atoms with Gasteiger partial charge in [0.05, 0.1) is 25.4 Å². The average Bonchev–Trinajstić information content (AvgIpc) is 3.01. The molecule has 0 aromatic heterocycles. The maximum atomic E-state index is 12.7. The number of nitrogens with two attached hydrogens (primary N) is 1. The van der Waals surface area contributed by atoms with E-state index in [-0.39, 0.29) is 25.7 Å². The molecule has 260 valence electrons. The molecule has 9 heteroatoms. The third kappa shape index (κ3) is 29.7. The van der Waals surface area contributed by atoms with Crippen molar-refractivity contribution in [3.8, 4) is 0 Å². The molecule has 0 rings (SSSR count). The van der Waals surface area contributed by atoms with Crippen molar-refractivity contribution >= 4 is 13.7 Å². The zero-order chi connectivity index (χ0) is 32.6. The summed E-state index contributed by atoms with van der Waals surface area (Å²) in [6.07, 6.45) is 33.2. The molecule has 5 N–H and O–H groups in total. The normalized spacial score (nSPS) is 14.8. The molecular formula is C35H69N2O6P. The summed E-state index contributed by atoms with van der Waals surface area (Å²) in [5.74, 6) is -0.179. The Labute approximate surface area is 270 Å². The molecule has 0 heterocycles. The maximum absolute atomic E-state index is 12.7. The Morgan fingerprint density at radius 3 is 1.89 bits per heavy atom. The minimum absolute atomic E-state index is 0.0864. The van der Waals surface area contributed by atoms with Crippen LogP contribution in [0.4, 0.5) is 0 Å². The topological polar surface area (TPSA) is 131 Å². The number of hydrogen-bond acceptors (Lipinski definition) is 6. The van der Waals surface area contributed by atoms with Crippen LogP contribution in [-0.2, 0) is 18.4 Å². The van der Waals surface area contributed by atoms with E-state index in [1.165, 1.54) is 64.2 Å². The second kappa shape index (κ2) is 31.9. The lowest BCUT2D eigenvalue weighted by Gasteiger charge is -2.25. The highest BCUT2D eigenvalue weighted by atomic mass is 31.2. The highest BCUT2D eigenvalue weighted by Crippen LogP contribution is 2.43. The Bertz CT molecular complexity index is 749. The van der Waals surface area contributed by atoms with Gasteiger partial charge in [0, 0.05) is 13.0 Å². The summed E-state index contributed by atoms with van der Waals surface area (Å²) >= 11 is 0. The van der Waals surface area contributed by atoms with Gasteiger partial charge in [0.25, 0.3) is 0 Å². The third-order valence-electron chi connectivity index (χ3n) is 7.79. The second-order valence-corrected chi connectivity index (χ2v) is 13.5. The molecule has 0 fully saturated rings. The summed E-state index contributed by atoms with van der Waals surface area (Å²) in [7, 11) is -4.31. The van der Waals surface area contributed by atoms with E-state index in [0.29, 0.717) is 12.8 Å². The van der Waals surface area contributed by atoms with Crippen molar-refractivity contribution in [1.29, 1.82) is 0 Å². The highest BCUT2D eigenvalue weighted by Gasteiger charge is 2.27. The molecule has 0 bridgehead atoms. The number of allylic oxidation sites excluding steroid dienone is 4. The molecule has 0 aromatic rings. The summed E-state index contributed by atoms with van der Waals surface area (Å²) < 4.78 is 22.0. The first kappa shape index (κ1) is 43.0. The van der Waals surface area contributed by atoms with Crippen LogP contribution in [-0.4, -0.2) is 47.8 Å². The van der Waals surface area contributed by atoms with E-state index in [2.05, 4.69) is 43.5 Å². The molecule has 0 radical (unpaired) electrons. The van der Waals surface area contributed by atoms with Gasteiger partial charge in [-0.15, -0.1) is 0 Å². The van der Waals surface area contributed by atoms with Crippen LogP contribution in [0.15, 0.2) is 24.3 Å². The minimum Gasteiger partial charge on any atom is -0.391 e. The zero-order valence-corrected chi connectivity index (χ0v) is 29.3. The van der Waals surface area contributed by atoms with Gasteiger partial charge < -0.3 is 21.1 Å². The van der Waals surface area contributed by atoms with Gasteiger partial charge in [0.1, 0.15) is 0 Å². The molecule has 0 aliphatic heterocycles. The number of rotatable bonds is 33. The van der Waals surface area contributed by atoms with Crippen molar-refractivity contribution in [1.82, 2.24) is 5.32 Å². The number of hydrogen-bond donors (Lipinski definition) is 4. The van der Waals surface area contributed by atoms with Crippen LogP contribution in [0.1, 0.15) is 162 Å². The van der Waals surface area contributed by atoms with E-state index in [4.69, 9.17) is 14.8 Å². The molecule has 1 amide bonds. The van der Waals surface area contributed by atoms with Gasteiger partial charge in [-0.3, -0.25) is 13.8 Å². The van der Waals surface area contributed by atoms with Gasteiger partial charge in [-0.05, 0) is 38.5 Å². The first-order valence-electron chi connectivity index (χ1n) is 18.0. The van der Waals surface area contributed by atoms with Crippen LogP contribution >= 0.6 is 7.82 Å². The molecule has 0 aliphatic rings. The van der Waals surface area contributed by atoms with Gasteiger partial charge >= 0.3 is 7.82 Å². The zero-order valence-electron chi connectivity index (χ0n) is 28.4. The summed E-state index contributed by atoms with van der Waals surface area (Å²) in [5, 5.41) is 13.7. The fraction of sp³-hybridized carbons (Fsp3) is 0.857. The minimum atomic E-state index is -4.31. The highest BCUT2D eigenvalue weighted by molar-refractivity contribution is 7.47. The van der Waals surface area contributed by atoms with Crippen LogP contribution in [0.25, 0.3) is 0 Å². The lowest BCUT2D eigenvalue weighted by atomic mass is 10.0. The van der Waals surface area contributed by atoms with Crippen LogP contribution in [0.2, 0.25) is 0 Å². The van der Waals surface area contributed by atoms with Crippen LogP contribution in [0, 0.1) is 0 Å². The second-order valence-electron chi connectivity index (χ2n) is 12.1. The van der Waals surface area contributed by atoms with Gasteiger partial charge in [-0.1, -0.05) is 141 Å². The van der Waals surface area contributed by atoms with E-state index in [0.717, 1.165) is 70.6 Å². The smallest absolute Gasteiger partial charge is 0.391 e. The number of carbonyl (C=O) groups excluding carboxylic acids is 1. The molecular weight excluding hydrogens is 575 g/mol. The lowest BCUT2D eigenvalue weighted by Crippen LogP contribution is -2.46. The number of amides is 1. The van der Waals surface area contributed by atoms with E-state index < -0.39 is 20.0 Å². The first-order valence-corrected chi connectivity index (χ1v) is 19.4. The van der Waals surface area contributed by atoms with E-state index in [1.54, 1.807) is 0 Å². The molecule has 0 aromatic carbocycles. The van der Waals surface area contributed by atoms with Crippen molar-refractivity contribution in [2.75, 3.05) is 19.8 Å². The maximum Gasteiger partial charge on any atom is 0.472 e. The van der Waals surface area contributed by atoms with E-state index in [1.807, 2.05) is 0 Å². The number of phosphoric ester groups is 1. The average molecular weight is 645 g/mol. The number of nitrogens with one attached hydrogen (secondary N) is 1. The first-order chi connectivity index (χ1) is 21.4. The van der Waals surface area contributed by atoms with Crippen molar-refractivity contribution in [3.63, 3.8) is 0 Å². The predicted molar refractivity (Wildman–Crippen MR) is 185 cm³/mol. The Hall–Kier alpha value is -1.02. The number of aliphatic hydroxyl groups excluding tert-OH is 1. The van der Waals surface area contributed by atoms with Gasteiger partial charge in [-0.25, -0.2) is 4.57 Å². The number of aliphatic hydroxyl groups is 1. The van der Waals surface area contributed by atoms with Gasteiger partial charge in [0.2, 0.25) is 5.91 Å². The molecule has 8 nitrogen and oxygen atoms in total. The molecule has 44 heavy (non-hydrogen) atoms. The van der Waals surface area contributed by atoms with Crippen LogP contribution < -0.4 is 11.1 Å². The lowest BCUT2D eigenvalue weighted by molar-refractivity contribution is -0.123. The quantitative estimate of drug-likeness (QED) is 0.0318. The number of phosphoric acid groups is 1. The third-order valence-corrected chi connectivity index (χ3v) is 8.77. The molecule has 3 unspecified atom stereocenters. The summed E-state index contributed by atoms with van der Waals surface area (Å²) in [4.78, 5) is 22.5. The molecule has 3 atom stereocenters. The van der Waals surface area contributed by atoms with E-state index >= 15 is 0 Å². The fourth-order valence-electron chi connectivity index (χ4n) is 5.05. The molecule has 0 spiro atoms. The monoisotopic (exact) mass is 644 g/mol. The summed E-state index contributed by atoms with van der Waals surface area (Å²) in [6.45, 7) is 4.10. The molecule has 0 aliphatic carbocycles. The summed E-state index contributed by atoms with van der Waals surface area (Å²) in [6, 6.07) is -0.777. The fourth-order valence-corrected chi connectivity index (χ4v) is 5.81. The van der Waals surface area contributed by atoms with Crippen LogP contribution in [0.5, 0.6) is 0 Å². The van der Waals surface area contributed by atoms with Gasteiger partial charge in [0.15, 0.2) is 0 Å². The Balaban J connectivity index is 4.31. The van der Waals surface area contributed by atoms with Crippen molar-refractivity contribution in [3.05, 3.63) is 24.3 Å². The van der Waals surface area contributed by atoms with Crippen molar-refractivity contribution < 1.29 is 28.4 Å². The standard InChI is InChI=1S/C35H69N2O6P/c1-3-5-7-9-11-13-15-17-19-21-23-25-27-29-35(39)37-33(32-43-44(40,41)42-31-30-36)34(38)28-26-24-22-20-18-16-14-12-10-8-6-4-2/h7,9,13,15,33-34,38H,3-6,8,10-12,14,16-32,36H2,1-2H3,(H,37,39)(H,40,41)/b9-7-,15-13-. The van der Waals surface area contributed by atoms with E-state index in [9.17, 15) is 19.4 Å². The number of unbranched alkanes of at least 4 members (excludes halogenated alkanes) is 17. The predicted octanol–water partition coefficient (Wildman–Crippen LogP) is 9.05. The van der Waals surface area contributed by atoms with Gasteiger partial charge in [-0.2, -0.15) is 0 Å². The van der Waals surface area contributed by atoms with Crippen LogP contribution in [0.3, 0.4) is 0 Å². The number of carbonyl (C=O) groups is 1. The SMILES string of the molecule is CCC/C=C\C/C=C\CCCCCCCC(=O)NC(COP(=O)(O)OCCN)C(O)CCCCCCCCCCCCCC. The largest absolute Gasteiger partial charge is 0.472 e. The van der Waals surface area contributed by atoms with Crippen molar-refractivity contribution in [2.24, 2.45) is 5.73 Å². The Morgan fingerprint density at radius 2 is 1.30 bits per heavy atom. The van der Waals surface area contributed by atoms with Crippen molar-refractivity contribution in [2.45, 2.75) is 174 Å². The Kier molecular flexibility index (Phi) is 31.2. The molecule has 0 saturated heterocycles. The summed E-state index contributed by atoms with van der Waals surface area (Å²) in [5.41, 5.74) is 5.35.